The summed E-state index contributed by atoms with van der Waals surface area (Å²) in [7, 11) is -2.42. The summed E-state index contributed by atoms with van der Waals surface area (Å²) >= 11 is 6.04. The lowest BCUT2D eigenvalue weighted by Crippen LogP contribution is -2.61. The third kappa shape index (κ3) is 5.52. The third-order valence-electron chi connectivity index (χ3n) is 2.57. The maximum absolute atomic E-state index is 6.04. The van der Waals surface area contributed by atoms with E-state index in [1.54, 1.807) is 0 Å². The zero-order valence-corrected chi connectivity index (χ0v) is 14.5. The van der Waals surface area contributed by atoms with Gasteiger partial charge in [0.25, 0.3) is 0 Å². The van der Waals surface area contributed by atoms with Crippen molar-refractivity contribution >= 4 is 28.1 Å². The van der Waals surface area contributed by atoms with Crippen LogP contribution in [0.2, 0.25) is 39.3 Å². The summed E-state index contributed by atoms with van der Waals surface area (Å²) in [5, 5.41) is 0. The number of hydrogen-bond donors (Lipinski definition) is 0. The van der Waals surface area contributed by atoms with Gasteiger partial charge in [-0.2, -0.15) is 0 Å². The monoisotopic (exact) mass is 265 g/mol. The second-order valence-electron chi connectivity index (χ2n) is 7.23. The smallest absolute Gasteiger partial charge is 0.112 e. The van der Waals surface area contributed by atoms with Crippen LogP contribution in [0.25, 0.3) is 0 Å². The summed E-state index contributed by atoms with van der Waals surface area (Å²) in [6.07, 6.45) is 0. The average molecular weight is 266 g/mol. The molecule has 0 aromatic rings. The summed E-state index contributed by atoms with van der Waals surface area (Å²) in [5.41, 5.74) is 0.238. The van der Waals surface area contributed by atoms with Crippen LogP contribution in [0.1, 0.15) is 13.8 Å². The van der Waals surface area contributed by atoms with E-state index in [1.165, 1.54) is 0 Å². The van der Waals surface area contributed by atoms with Gasteiger partial charge in [0.15, 0.2) is 0 Å². The first-order valence-electron chi connectivity index (χ1n) is 5.74. The Kier molecular flexibility index (Phi) is 5.13. The molecule has 0 fully saturated rings. The Morgan fingerprint density at radius 1 is 0.933 bits per heavy atom. The topological polar surface area (TPSA) is 3.24 Å². The molecule has 0 spiro atoms. The number of rotatable bonds is 5. The lowest BCUT2D eigenvalue weighted by atomic mass is 9.97. The van der Waals surface area contributed by atoms with E-state index in [0.29, 0.717) is 0 Å². The summed E-state index contributed by atoms with van der Waals surface area (Å²) in [6, 6.07) is 0. The van der Waals surface area contributed by atoms with Crippen molar-refractivity contribution in [2.24, 2.45) is 5.41 Å². The van der Waals surface area contributed by atoms with Crippen LogP contribution < -0.4 is 0 Å². The molecule has 15 heavy (non-hydrogen) atoms. The summed E-state index contributed by atoms with van der Waals surface area (Å²) in [6.45, 7) is 20.3. The van der Waals surface area contributed by atoms with E-state index in [2.05, 4.69) is 57.4 Å². The fraction of sp³-hybridized carbons (Fsp3) is 1.00. The van der Waals surface area contributed by atoms with Crippen molar-refractivity contribution < 1.29 is 0 Å². The Hall–Kier alpha value is 0.684. The second kappa shape index (κ2) is 4.90. The van der Waals surface area contributed by atoms with Crippen LogP contribution in [0.3, 0.4) is 0 Å². The van der Waals surface area contributed by atoms with Gasteiger partial charge < -0.3 is 4.23 Å². The first-order valence-corrected chi connectivity index (χ1v) is 13.2. The van der Waals surface area contributed by atoms with E-state index < -0.39 is 16.5 Å². The summed E-state index contributed by atoms with van der Waals surface area (Å²) in [5.74, 6) is 0.748. The highest BCUT2D eigenvalue weighted by atomic mass is 35.5. The Balaban J connectivity index is 4.85. The SMILES string of the molecule is CC(C)(CCl)CN([Si](C)(C)C)[Si](C)(C)C. The molecule has 0 rings (SSSR count). The molecular formula is C11H28ClNSi2. The number of hydrogen-bond acceptors (Lipinski definition) is 1. The van der Waals surface area contributed by atoms with Gasteiger partial charge in [-0.05, 0) is 12.0 Å². The Morgan fingerprint density at radius 2 is 1.27 bits per heavy atom. The molecule has 0 heterocycles. The average Bonchev–Trinajstić information content (AvgIpc) is 1.96. The molecule has 0 saturated carbocycles. The Morgan fingerprint density at radius 3 is 1.47 bits per heavy atom. The largest absolute Gasteiger partial charge is 0.345 e. The van der Waals surface area contributed by atoms with Gasteiger partial charge in [-0.25, -0.2) is 0 Å². The quantitative estimate of drug-likeness (QED) is 0.531. The molecule has 0 aliphatic rings. The van der Waals surface area contributed by atoms with Crippen molar-refractivity contribution in [3.05, 3.63) is 0 Å². The molecule has 0 radical (unpaired) electrons. The fourth-order valence-electron chi connectivity index (χ4n) is 1.95. The van der Waals surface area contributed by atoms with Gasteiger partial charge in [0, 0.05) is 5.88 Å². The minimum atomic E-state index is -1.21. The minimum absolute atomic E-state index is 0.238. The molecule has 0 aliphatic heterocycles. The van der Waals surface area contributed by atoms with E-state index in [-0.39, 0.29) is 5.41 Å². The molecule has 0 N–H and O–H groups in total. The Labute approximate surface area is 103 Å². The van der Waals surface area contributed by atoms with Crippen LogP contribution in [-0.2, 0) is 0 Å². The van der Waals surface area contributed by atoms with E-state index >= 15 is 0 Å². The zero-order valence-electron chi connectivity index (χ0n) is 11.7. The number of nitrogens with zero attached hydrogens (tertiary/aromatic N) is 1. The fourth-order valence-corrected chi connectivity index (χ4v) is 11.9. The van der Waals surface area contributed by atoms with E-state index in [4.69, 9.17) is 11.6 Å². The standard InChI is InChI=1S/C11H28ClNSi2/c1-11(2,9-12)10-13(14(3,4)5)15(6,7)8/h9-10H2,1-8H3. The van der Waals surface area contributed by atoms with E-state index in [1.807, 2.05) is 0 Å². The molecule has 4 heteroatoms. The molecule has 92 valence electrons. The summed E-state index contributed by atoms with van der Waals surface area (Å²) < 4.78 is 2.81. The van der Waals surface area contributed by atoms with Gasteiger partial charge in [-0.15, -0.1) is 11.6 Å². The molecule has 0 aliphatic carbocycles. The lowest BCUT2D eigenvalue weighted by Gasteiger charge is -2.47. The van der Waals surface area contributed by atoms with Gasteiger partial charge in [-0.1, -0.05) is 53.1 Å². The van der Waals surface area contributed by atoms with E-state index in [0.717, 1.165) is 12.4 Å². The maximum Gasteiger partial charge on any atom is 0.112 e. The third-order valence-corrected chi connectivity index (χ3v) is 10.9. The van der Waals surface area contributed by atoms with Crippen molar-refractivity contribution in [2.75, 3.05) is 12.4 Å². The second-order valence-corrected chi connectivity index (χ2v) is 17.7. The molecule has 0 atom stereocenters. The number of alkyl halides is 1. The number of halogens is 1. The van der Waals surface area contributed by atoms with Crippen LogP contribution in [0.4, 0.5) is 0 Å². The molecule has 0 amide bonds. The normalized spacial score (nSPS) is 14.8. The van der Waals surface area contributed by atoms with Gasteiger partial charge in [-0.3, -0.25) is 0 Å². The lowest BCUT2D eigenvalue weighted by molar-refractivity contribution is 0.349. The molecule has 1 nitrogen and oxygen atoms in total. The van der Waals surface area contributed by atoms with Crippen molar-refractivity contribution in [1.82, 2.24) is 4.23 Å². The van der Waals surface area contributed by atoms with E-state index in [9.17, 15) is 0 Å². The minimum Gasteiger partial charge on any atom is -0.345 e. The van der Waals surface area contributed by atoms with Crippen LogP contribution in [0, 0.1) is 5.41 Å². The van der Waals surface area contributed by atoms with Crippen LogP contribution in [0.15, 0.2) is 0 Å². The van der Waals surface area contributed by atoms with Crippen molar-refractivity contribution in [3.63, 3.8) is 0 Å². The molecule has 0 saturated heterocycles. The Bertz CT molecular complexity index is 190. The van der Waals surface area contributed by atoms with Crippen LogP contribution in [0.5, 0.6) is 0 Å². The van der Waals surface area contributed by atoms with Gasteiger partial charge in [0.1, 0.15) is 16.5 Å². The predicted molar refractivity (Wildman–Crippen MR) is 77.9 cm³/mol. The van der Waals surface area contributed by atoms with Gasteiger partial charge >= 0.3 is 0 Å². The highest BCUT2D eigenvalue weighted by Crippen LogP contribution is 2.27. The highest BCUT2D eigenvalue weighted by molar-refractivity contribution is 6.89. The zero-order chi connectivity index (χ0) is 12.5. The van der Waals surface area contributed by atoms with Crippen molar-refractivity contribution in [3.8, 4) is 0 Å². The summed E-state index contributed by atoms with van der Waals surface area (Å²) in [4.78, 5) is 0. The molecule has 0 aromatic carbocycles. The van der Waals surface area contributed by atoms with Crippen LogP contribution in [-0.4, -0.2) is 33.1 Å². The highest BCUT2D eigenvalue weighted by Gasteiger charge is 2.37. The maximum atomic E-state index is 6.04. The van der Waals surface area contributed by atoms with Crippen LogP contribution >= 0.6 is 11.6 Å². The first kappa shape index (κ1) is 15.7. The first-order chi connectivity index (χ1) is 6.40. The van der Waals surface area contributed by atoms with Crippen molar-refractivity contribution in [1.29, 1.82) is 0 Å². The predicted octanol–water partition coefficient (Wildman–Crippen LogP) is 4.22. The molecule has 0 aromatic heterocycles. The van der Waals surface area contributed by atoms with Gasteiger partial charge in [0.05, 0.1) is 0 Å². The van der Waals surface area contributed by atoms with Gasteiger partial charge in [0.2, 0.25) is 0 Å². The molecular weight excluding hydrogens is 238 g/mol. The molecule has 0 unspecified atom stereocenters. The van der Waals surface area contributed by atoms with Crippen molar-refractivity contribution in [2.45, 2.75) is 53.1 Å². The molecule has 0 bridgehead atoms.